The third-order valence-electron chi connectivity index (χ3n) is 9.61. The van der Waals surface area contributed by atoms with E-state index in [0.717, 1.165) is 40.9 Å². The maximum atomic E-state index is 12.9. The topological polar surface area (TPSA) is 99.5 Å². The van der Waals surface area contributed by atoms with Crippen LogP contribution in [-0.2, 0) is 28.2 Å². The Kier molecular flexibility index (Phi) is 8.98. The highest BCUT2D eigenvalue weighted by molar-refractivity contribution is 6.30. The highest BCUT2D eigenvalue weighted by Crippen LogP contribution is 2.40. The number of carbonyl (C=O) groups excluding carboxylic acids is 2. The van der Waals surface area contributed by atoms with Crippen LogP contribution >= 0.6 is 11.6 Å². The number of fused-ring (bicyclic) bond motifs is 1. The maximum absolute atomic E-state index is 12.9. The van der Waals surface area contributed by atoms with E-state index in [1.54, 1.807) is 24.3 Å². The molecule has 3 aliphatic heterocycles. The second-order valence-electron chi connectivity index (χ2n) is 12.7. The minimum atomic E-state index is -0.883. The molecule has 7 rings (SSSR count). The molecule has 2 saturated heterocycles. The van der Waals surface area contributed by atoms with E-state index in [4.69, 9.17) is 21.1 Å². The Balaban J connectivity index is 1.05. The van der Waals surface area contributed by atoms with Gasteiger partial charge in [0.15, 0.2) is 6.29 Å². The molecule has 0 spiro atoms. The first-order valence-electron chi connectivity index (χ1n) is 16.0. The van der Waals surface area contributed by atoms with Crippen molar-refractivity contribution < 1.29 is 29.3 Å². The van der Waals surface area contributed by atoms with Crippen LogP contribution in [0.2, 0.25) is 5.02 Å². The van der Waals surface area contributed by atoms with Crippen LogP contribution in [0, 0.1) is 0 Å². The van der Waals surface area contributed by atoms with Crippen LogP contribution in [0.4, 0.5) is 0 Å². The van der Waals surface area contributed by atoms with Crippen LogP contribution in [0.5, 0.6) is 0 Å². The number of aliphatic hydroxyl groups is 2. The molecule has 3 atom stereocenters. The number of amides is 2. The number of hydrogen-bond acceptors (Lipinski definition) is 7. The average molecular weight is 653 g/mol. The van der Waals surface area contributed by atoms with E-state index in [0.29, 0.717) is 42.0 Å². The van der Waals surface area contributed by atoms with Gasteiger partial charge in [0.2, 0.25) is 0 Å². The summed E-state index contributed by atoms with van der Waals surface area (Å²) in [5.41, 5.74) is 4.40. The van der Waals surface area contributed by atoms with Gasteiger partial charge in [-0.25, -0.2) is 0 Å². The van der Waals surface area contributed by atoms with Crippen LogP contribution < -0.4 is 0 Å². The number of piperidine rings is 1. The average Bonchev–Trinajstić information content (AvgIpc) is 3.34. The Morgan fingerprint density at radius 2 is 1.36 bits per heavy atom. The zero-order valence-electron chi connectivity index (χ0n) is 25.9. The van der Waals surface area contributed by atoms with Crippen LogP contribution in [-0.4, -0.2) is 57.6 Å². The number of imide groups is 1. The molecular formula is C38H37ClN2O6. The minimum absolute atomic E-state index is 0.0233. The molecular weight excluding hydrogens is 616 g/mol. The van der Waals surface area contributed by atoms with E-state index in [9.17, 15) is 19.8 Å². The van der Waals surface area contributed by atoms with Gasteiger partial charge < -0.3 is 24.6 Å². The minimum Gasteiger partial charge on any atom is -0.392 e. The smallest absolute Gasteiger partial charge is 0.261 e. The fourth-order valence-electron chi connectivity index (χ4n) is 6.82. The Labute approximate surface area is 279 Å². The fraction of sp³-hybridized carbons (Fsp3) is 0.316. The lowest BCUT2D eigenvalue weighted by molar-refractivity contribution is -0.253. The largest absolute Gasteiger partial charge is 0.392 e. The van der Waals surface area contributed by atoms with Gasteiger partial charge in [0, 0.05) is 36.6 Å². The lowest BCUT2D eigenvalue weighted by Gasteiger charge is -2.42. The SMILES string of the molecule is O=C1c2ccccc2C(=O)N1Cc1ccc([C@H]2O[C@@H](CN3CCC(O)(c4ccc(Cl)cc4)CC3)C[C@@H](c3ccc(CO)cc3)O2)cc1. The summed E-state index contributed by atoms with van der Waals surface area (Å²) in [6.07, 6.45) is 0.908. The molecule has 0 aliphatic carbocycles. The molecule has 0 unspecified atom stereocenters. The number of likely N-dealkylation sites (tertiary alicyclic amines) is 1. The summed E-state index contributed by atoms with van der Waals surface area (Å²) in [5, 5.41) is 21.6. The van der Waals surface area contributed by atoms with Crippen LogP contribution in [0.1, 0.15) is 80.2 Å². The van der Waals surface area contributed by atoms with Crippen molar-refractivity contribution in [2.24, 2.45) is 0 Å². The van der Waals surface area contributed by atoms with Crippen molar-refractivity contribution in [3.05, 3.63) is 141 Å². The molecule has 2 N–H and O–H groups in total. The molecule has 242 valence electrons. The molecule has 3 aliphatic rings. The zero-order valence-corrected chi connectivity index (χ0v) is 26.7. The third kappa shape index (κ3) is 6.63. The first kappa shape index (κ1) is 31.7. The summed E-state index contributed by atoms with van der Waals surface area (Å²) in [7, 11) is 0. The van der Waals surface area contributed by atoms with Crippen LogP contribution in [0.3, 0.4) is 0 Å². The number of ether oxygens (including phenoxy) is 2. The number of nitrogens with zero attached hydrogens (tertiary/aromatic N) is 2. The Hall–Kier alpha value is -3.89. The lowest BCUT2D eigenvalue weighted by Crippen LogP contribution is -2.46. The normalized spacial score (nSPS) is 22.8. The van der Waals surface area contributed by atoms with E-state index in [1.165, 1.54) is 4.90 Å². The summed E-state index contributed by atoms with van der Waals surface area (Å²) in [5.74, 6) is -0.563. The Morgan fingerprint density at radius 3 is 1.98 bits per heavy atom. The van der Waals surface area contributed by atoms with Gasteiger partial charge in [0.25, 0.3) is 11.8 Å². The predicted molar refractivity (Wildman–Crippen MR) is 177 cm³/mol. The maximum Gasteiger partial charge on any atom is 0.261 e. The number of carbonyl (C=O) groups is 2. The molecule has 9 heteroatoms. The molecule has 2 fully saturated rings. The van der Waals surface area contributed by atoms with Crippen molar-refractivity contribution in [2.45, 2.75) is 56.5 Å². The Bertz CT molecular complexity index is 1700. The third-order valence-corrected chi connectivity index (χ3v) is 9.86. The number of rotatable bonds is 8. The van der Waals surface area contributed by atoms with Gasteiger partial charge in [-0.05, 0) is 59.4 Å². The van der Waals surface area contributed by atoms with E-state index in [2.05, 4.69) is 4.90 Å². The van der Waals surface area contributed by atoms with Crippen molar-refractivity contribution in [3.63, 3.8) is 0 Å². The van der Waals surface area contributed by atoms with Gasteiger partial charge in [-0.3, -0.25) is 14.5 Å². The van der Waals surface area contributed by atoms with Gasteiger partial charge >= 0.3 is 0 Å². The molecule has 8 nitrogen and oxygen atoms in total. The fourth-order valence-corrected chi connectivity index (χ4v) is 6.95. The van der Waals surface area contributed by atoms with Gasteiger partial charge in [-0.15, -0.1) is 0 Å². The lowest BCUT2D eigenvalue weighted by atomic mass is 9.84. The second kappa shape index (κ2) is 13.3. The number of hydrogen-bond donors (Lipinski definition) is 2. The molecule has 3 heterocycles. The zero-order chi connectivity index (χ0) is 32.5. The van der Waals surface area contributed by atoms with Crippen molar-refractivity contribution in [2.75, 3.05) is 19.6 Å². The van der Waals surface area contributed by atoms with Gasteiger partial charge in [0.05, 0.1) is 42.1 Å². The molecule has 2 amide bonds. The molecule has 4 aromatic carbocycles. The molecule has 47 heavy (non-hydrogen) atoms. The van der Waals surface area contributed by atoms with E-state index >= 15 is 0 Å². The summed E-state index contributed by atoms with van der Waals surface area (Å²) < 4.78 is 13.1. The van der Waals surface area contributed by atoms with Crippen molar-refractivity contribution in [3.8, 4) is 0 Å². The van der Waals surface area contributed by atoms with E-state index in [1.807, 2.05) is 72.8 Å². The quantitative estimate of drug-likeness (QED) is 0.220. The number of halogens is 1. The molecule has 0 saturated carbocycles. The van der Waals surface area contributed by atoms with Gasteiger partial charge in [0.1, 0.15) is 0 Å². The highest BCUT2D eigenvalue weighted by atomic mass is 35.5. The Morgan fingerprint density at radius 1 is 0.766 bits per heavy atom. The van der Waals surface area contributed by atoms with E-state index < -0.39 is 11.9 Å². The van der Waals surface area contributed by atoms with Crippen LogP contribution in [0.25, 0.3) is 0 Å². The number of benzene rings is 4. The van der Waals surface area contributed by atoms with Crippen molar-refractivity contribution >= 4 is 23.4 Å². The number of aliphatic hydroxyl groups excluding tert-OH is 1. The van der Waals surface area contributed by atoms with Gasteiger partial charge in [-0.2, -0.15) is 0 Å². The highest BCUT2D eigenvalue weighted by Gasteiger charge is 2.38. The monoisotopic (exact) mass is 652 g/mol. The predicted octanol–water partition coefficient (Wildman–Crippen LogP) is 6.16. The second-order valence-corrected chi connectivity index (χ2v) is 13.1. The molecule has 0 radical (unpaired) electrons. The summed E-state index contributed by atoms with van der Waals surface area (Å²) in [6, 6.07) is 29.8. The standard InChI is InChI=1S/C38H37ClN2O6/c39-30-15-13-29(14-16-30)38(45)17-19-40(20-18-38)23-31-21-34(27-9-7-26(24-42)8-10-27)47-37(46-31)28-11-5-25(6-12-28)22-41-35(43)32-3-1-2-4-33(32)36(41)44/h1-16,31,34,37,42,45H,17-24H2/t31-,34+,37+/m1/s1. The summed E-state index contributed by atoms with van der Waals surface area (Å²) >= 11 is 6.07. The van der Waals surface area contributed by atoms with Crippen molar-refractivity contribution in [1.29, 1.82) is 0 Å². The summed E-state index contributed by atoms with van der Waals surface area (Å²) in [4.78, 5) is 29.4. The molecule has 0 bridgehead atoms. The van der Waals surface area contributed by atoms with Crippen LogP contribution in [0.15, 0.2) is 97.1 Å². The first-order chi connectivity index (χ1) is 22.8. The van der Waals surface area contributed by atoms with Gasteiger partial charge in [-0.1, -0.05) is 84.4 Å². The van der Waals surface area contributed by atoms with E-state index in [-0.39, 0.29) is 37.2 Å². The van der Waals surface area contributed by atoms with Crippen molar-refractivity contribution in [1.82, 2.24) is 9.80 Å². The summed E-state index contributed by atoms with van der Waals surface area (Å²) in [6.45, 7) is 2.31. The molecule has 0 aromatic heterocycles. The first-order valence-corrected chi connectivity index (χ1v) is 16.4. The molecule has 4 aromatic rings.